The molecule has 1 heterocycles. The van der Waals surface area contributed by atoms with Crippen LogP contribution >= 0.6 is 0 Å². The molecule has 2 N–H and O–H groups in total. The Labute approximate surface area is 52.1 Å². The van der Waals surface area contributed by atoms with Crippen molar-refractivity contribution in [2.24, 2.45) is 0 Å². The minimum absolute atomic E-state index is 0.948. The van der Waals surface area contributed by atoms with Gasteiger partial charge in [-0.3, -0.25) is 0 Å². The van der Waals surface area contributed by atoms with Gasteiger partial charge in [-0.1, -0.05) is 0 Å². The normalized spacial score (nSPS) is 32.1. The van der Waals surface area contributed by atoms with E-state index >= 15 is 0 Å². The predicted octanol–water partition coefficient (Wildman–Crippen LogP) is -0.122. The number of aliphatic carboxylic acids is 1. The molecule has 0 radical (unpaired) electrons. The van der Waals surface area contributed by atoms with Crippen LogP contribution in [0.4, 0.5) is 0 Å². The zero-order chi connectivity index (χ0) is 6.91. The van der Waals surface area contributed by atoms with Gasteiger partial charge in [0.2, 0.25) is 0 Å². The molecule has 0 aromatic heterocycles. The standard InChI is InChI=1S/C5H7NO3/c1-5(4(7)8)2-3-9-6-5/h2-3,6H,1H3,(H,7,8). The van der Waals surface area contributed by atoms with Crippen LogP contribution in [-0.4, -0.2) is 16.6 Å². The summed E-state index contributed by atoms with van der Waals surface area (Å²) in [5.41, 5.74) is 1.28. The first-order chi connectivity index (χ1) is 4.15. The lowest BCUT2D eigenvalue weighted by atomic mass is 10.1. The number of carbonyl (C=O) groups is 1. The third-order valence-corrected chi connectivity index (χ3v) is 1.18. The molecule has 1 aliphatic heterocycles. The first-order valence-corrected chi connectivity index (χ1v) is 2.49. The highest BCUT2D eigenvalue weighted by molar-refractivity contribution is 5.80. The summed E-state index contributed by atoms with van der Waals surface area (Å²) in [7, 11) is 0. The van der Waals surface area contributed by atoms with Gasteiger partial charge in [0.15, 0.2) is 5.54 Å². The Morgan fingerprint density at radius 2 is 2.56 bits per heavy atom. The first kappa shape index (κ1) is 6.10. The van der Waals surface area contributed by atoms with Crippen molar-refractivity contribution in [2.75, 3.05) is 0 Å². The Kier molecular flexibility index (Phi) is 1.17. The lowest BCUT2D eigenvalue weighted by molar-refractivity contribution is -0.144. The molecule has 9 heavy (non-hydrogen) atoms. The Morgan fingerprint density at radius 3 is 2.78 bits per heavy atom. The van der Waals surface area contributed by atoms with Gasteiger partial charge in [0.05, 0.1) is 0 Å². The van der Waals surface area contributed by atoms with Gasteiger partial charge in [0, 0.05) is 0 Å². The molecule has 0 spiro atoms. The second kappa shape index (κ2) is 1.73. The van der Waals surface area contributed by atoms with Gasteiger partial charge in [-0.2, -0.15) is 0 Å². The van der Waals surface area contributed by atoms with E-state index in [1.54, 1.807) is 0 Å². The second-order valence-corrected chi connectivity index (χ2v) is 2.03. The fourth-order valence-electron chi connectivity index (χ4n) is 0.475. The minimum atomic E-state index is -1.04. The van der Waals surface area contributed by atoms with Crippen molar-refractivity contribution in [1.82, 2.24) is 5.48 Å². The third-order valence-electron chi connectivity index (χ3n) is 1.18. The van der Waals surface area contributed by atoms with Gasteiger partial charge < -0.3 is 9.94 Å². The molecule has 0 aromatic rings. The van der Waals surface area contributed by atoms with E-state index < -0.39 is 11.5 Å². The minimum Gasteiger partial charge on any atom is -0.480 e. The summed E-state index contributed by atoms with van der Waals surface area (Å²) >= 11 is 0. The van der Waals surface area contributed by atoms with Crippen LogP contribution in [0.1, 0.15) is 6.92 Å². The van der Waals surface area contributed by atoms with Crippen LogP contribution in [0.3, 0.4) is 0 Å². The van der Waals surface area contributed by atoms with E-state index in [1.807, 2.05) is 0 Å². The Balaban J connectivity index is 2.74. The Hall–Kier alpha value is -1.03. The van der Waals surface area contributed by atoms with Crippen molar-refractivity contribution in [1.29, 1.82) is 0 Å². The number of nitrogens with one attached hydrogen (secondary N) is 1. The maximum Gasteiger partial charge on any atom is 0.331 e. The maximum absolute atomic E-state index is 10.3. The molecular weight excluding hydrogens is 122 g/mol. The number of carboxylic acids is 1. The summed E-state index contributed by atoms with van der Waals surface area (Å²) in [6.07, 6.45) is 2.75. The average Bonchev–Trinajstić information content (AvgIpc) is 2.16. The van der Waals surface area contributed by atoms with Crippen LogP contribution in [0.15, 0.2) is 12.3 Å². The summed E-state index contributed by atoms with van der Waals surface area (Å²) in [6.45, 7) is 1.51. The molecule has 0 aliphatic carbocycles. The quantitative estimate of drug-likeness (QED) is 0.518. The van der Waals surface area contributed by atoms with Crippen molar-refractivity contribution in [3.63, 3.8) is 0 Å². The van der Waals surface area contributed by atoms with Crippen molar-refractivity contribution in [2.45, 2.75) is 12.5 Å². The van der Waals surface area contributed by atoms with Gasteiger partial charge in [-0.15, -0.1) is 5.48 Å². The topological polar surface area (TPSA) is 58.6 Å². The highest BCUT2D eigenvalue weighted by atomic mass is 16.6. The number of hydroxylamine groups is 1. The molecule has 4 heteroatoms. The average molecular weight is 129 g/mol. The molecule has 0 bridgehead atoms. The van der Waals surface area contributed by atoms with E-state index in [2.05, 4.69) is 10.3 Å². The highest BCUT2D eigenvalue weighted by Crippen LogP contribution is 2.10. The van der Waals surface area contributed by atoms with E-state index in [1.165, 1.54) is 19.3 Å². The zero-order valence-electron chi connectivity index (χ0n) is 4.92. The molecule has 4 nitrogen and oxygen atoms in total. The van der Waals surface area contributed by atoms with Crippen molar-refractivity contribution < 1.29 is 14.7 Å². The predicted molar refractivity (Wildman–Crippen MR) is 29.4 cm³/mol. The largest absolute Gasteiger partial charge is 0.480 e. The lowest BCUT2D eigenvalue weighted by Crippen LogP contribution is -2.43. The van der Waals surface area contributed by atoms with Crippen molar-refractivity contribution >= 4 is 5.97 Å². The maximum atomic E-state index is 10.3. The van der Waals surface area contributed by atoms with E-state index in [4.69, 9.17) is 5.11 Å². The molecule has 1 rings (SSSR count). The van der Waals surface area contributed by atoms with E-state index in [-0.39, 0.29) is 0 Å². The number of hydrogen-bond donors (Lipinski definition) is 2. The van der Waals surface area contributed by atoms with Crippen LogP contribution in [0, 0.1) is 0 Å². The highest BCUT2D eigenvalue weighted by Gasteiger charge is 2.33. The summed E-state index contributed by atoms with van der Waals surface area (Å²) in [5, 5.41) is 8.48. The summed E-state index contributed by atoms with van der Waals surface area (Å²) in [5.74, 6) is -0.948. The smallest absolute Gasteiger partial charge is 0.331 e. The Morgan fingerprint density at radius 1 is 1.89 bits per heavy atom. The van der Waals surface area contributed by atoms with Gasteiger partial charge in [0.1, 0.15) is 6.26 Å². The van der Waals surface area contributed by atoms with Crippen molar-refractivity contribution in [3.05, 3.63) is 12.3 Å². The lowest BCUT2D eigenvalue weighted by Gasteiger charge is -2.13. The summed E-state index contributed by atoms with van der Waals surface area (Å²) in [4.78, 5) is 14.8. The van der Waals surface area contributed by atoms with Crippen LogP contribution in [0.5, 0.6) is 0 Å². The van der Waals surface area contributed by atoms with Crippen molar-refractivity contribution in [3.8, 4) is 0 Å². The third kappa shape index (κ3) is 0.882. The molecule has 1 aliphatic rings. The fraction of sp³-hybridized carbons (Fsp3) is 0.400. The molecular formula is C5H7NO3. The summed E-state index contributed by atoms with van der Waals surface area (Å²) in [6, 6.07) is 0. The molecule has 0 saturated carbocycles. The van der Waals surface area contributed by atoms with E-state index in [9.17, 15) is 4.79 Å². The van der Waals surface area contributed by atoms with E-state index in [0.29, 0.717) is 0 Å². The SMILES string of the molecule is CC1(C(=O)O)C=CON1. The molecule has 0 aromatic carbocycles. The zero-order valence-corrected chi connectivity index (χ0v) is 4.92. The summed E-state index contributed by atoms with van der Waals surface area (Å²) < 4.78 is 0. The number of hydrogen-bond acceptors (Lipinski definition) is 3. The first-order valence-electron chi connectivity index (χ1n) is 2.49. The number of rotatable bonds is 1. The van der Waals surface area contributed by atoms with Crippen LogP contribution in [0.25, 0.3) is 0 Å². The molecule has 0 amide bonds. The second-order valence-electron chi connectivity index (χ2n) is 2.03. The molecule has 0 saturated heterocycles. The molecule has 1 atom stereocenters. The molecule has 1 unspecified atom stereocenters. The van der Waals surface area contributed by atoms with Crippen LogP contribution < -0.4 is 5.48 Å². The van der Waals surface area contributed by atoms with Gasteiger partial charge in [0.25, 0.3) is 0 Å². The fourth-order valence-corrected chi connectivity index (χ4v) is 0.475. The van der Waals surface area contributed by atoms with E-state index in [0.717, 1.165) is 0 Å². The molecule has 0 fully saturated rings. The van der Waals surface area contributed by atoms with Gasteiger partial charge >= 0.3 is 5.97 Å². The number of carboxylic acid groups (broad SMARTS) is 1. The van der Waals surface area contributed by atoms with Crippen LogP contribution in [-0.2, 0) is 9.63 Å². The van der Waals surface area contributed by atoms with Gasteiger partial charge in [-0.25, -0.2) is 4.79 Å². The van der Waals surface area contributed by atoms with Gasteiger partial charge in [-0.05, 0) is 13.0 Å². The molecule has 50 valence electrons. The monoisotopic (exact) mass is 129 g/mol. The van der Waals surface area contributed by atoms with Crippen LogP contribution in [0.2, 0.25) is 0 Å². The Bertz CT molecular complexity index is 166.